The average molecular weight is 855 g/mol. The van der Waals surface area contributed by atoms with Crippen molar-refractivity contribution in [2.45, 2.75) is 83.1 Å². The van der Waals surface area contributed by atoms with Crippen LogP contribution >= 0.6 is 59.9 Å². The number of rotatable bonds is 0. The molecule has 0 nitrogen and oxygen atoms in total. The molecule has 0 spiro atoms. The van der Waals surface area contributed by atoms with Crippen molar-refractivity contribution >= 4 is 59.9 Å². The van der Waals surface area contributed by atoms with E-state index in [0.717, 1.165) is 0 Å². The predicted molar refractivity (Wildman–Crippen MR) is 161 cm³/mol. The molecule has 0 unspecified atom stereocenters. The third kappa shape index (κ3) is 119. The summed E-state index contributed by atoms with van der Waals surface area (Å²) in [5, 5.41) is 0. The zero-order valence-electron chi connectivity index (χ0n) is 20.9. The maximum atomic E-state index is 2.89. The van der Waals surface area contributed by atoms with E-state index in [1.54, 1.807) is 0 Å². The Hall–Kier alpha value is 2.32. The fourth-order valence-corrected chi connectivity index (χ4v) is 0.684. The van der Waals surface area contributed by atoms with Gasteiger partial charge < -0.3 is 0 Å². The van der Waals surface area contributed by atoms with Crippen LogP contribution in [-0.4, -0.2) is 0 Å². The maximum absolute atomic E-state index is 2.89. The minimum Gasteiger partial charge on any atom is -0.184 e. The summed E-state index contributed by atoms with van der Waals surface area (Å²) < 4.78 is 0. The zero-order chi connectivity index (χ0) is 24.1. The molecule has 0 aliphatic rings. The van der Waals surface area contributed by atoms with Crippen LogP contribution in [0.1, 0.15) is 83.1 Å². The molecular weight excluding hydrogens is 809 g/mol. The molecule has 0 fully saturated rings. The molecule has 0 aliphatic carbocycles. The molecule has 0 saturated carbocycles. The summed E-state index contributed by atoms with van der Waals surface area (Å²) in [5.74, 6) is 0. The Labute approximate surface area is 249 Å². The van der Waals surface area contributed by atoms with Gasteiger partial charge in [0.05, 0.1) is 0 Å². The summed E-state index contributed by atoms with van der Waals surface area (Å²) in [4.78, 5) is -0.278. The van der Waals surface area contributed by atoms with E-state index in [1.165, 1.54) is 0 Å². The van der Waals surface area contributed by atoms with Gasteiger partial charge >= 0.3 is 64.9 Å². The van der Waals surface area contributed by atoms with Crippen LogP contribution < -0.4 is 0 Å². The average Bonchev–Trinajstić information content (AvgIpc) is 2.84. The van der Waals surface area contributed by atoms with E-state index in [0.29, 0.717) is 0 Å². The monoisotopic (exact) mass is 855 g/mol. The van der Waals surface area contributed by atoms with Gasteiger partial charge in [0.1, 0.15) is 0 Å². The molecule has 0 saturated heterocycles. The van der Waals surface area contributed by atoms with Gasteiger partial charge in [0, 0.05) is 32.7 Å². The Kier molecular flexibility index (Phi) is 159. The molecule has 0 atom stereocenters. The van der Waals surface area contributed by atoms with Gasteiger partial charge in [0.25, 0.3) is 0 Å². The molecule has 2 aromatic rings. The van der Waals surface area contributed by atoms with E-state index in [1.807, 2.05) is 144 Å². The van der Waals surface area contributed by atoms with Crippen molar-refractivity contribution in [3.05, 3.63) is 72.8 Å². The molecular formula is C24H46I3VY-2. The summed E-state index contributed by atoms with van der Waals surface area (Å²) in [6.07, 6.45) is 0. The van der Waals surface area contributed by atoms with E-state index in [2.05, 4.69) is 72.1 Å². The topological polar surface area (TPSA) is 0 Å². The van der Waals surface area contributed by atoms with Crippen molar-refractivity contribution in [1.29, 1.82) is 0 Å². The predicted octanol–water partition coefficient (Wildman–Crippen LogP) is 11.8. The van der Waals surface area contributed by atoms with Gasteiger partial charge in [-0.1, -0.05) is 83.1 Å². The van der Waals surface area contributed by atoms with Gasteiger partial charge in [0.2, 0.25) is 0 Å². The number of benzene rings is 2. The molecule has 5 heteroatoms. The Morgan fingerprint density at radius 2 is 0.552 bits per heavy atom. The van der Waals surface area contributed by atoms with Gasteiger partial charge in [-0.15, -0.1) is 0 Å². The van der Waals surface area contributed by atoms with E-state index in [4.69, 9.17) is 0 Å². The molecule has 0 aliphatic heterocycles. The van der Waals surface area contributed by atoms with Crippen molar-refractivity contribution in [3.63, 3.8) is 0 Å². The van der Waals surface area contributed by atoms with Crippen molar-refractivity contribution in [1.82, 2.24) is 0 Å². The standard InChI is InChI=1S/2C6H5.6C2H6.3HI.V.Y/c2*1-2-4-6-5-3-1;6*1-2;;;;;/h2*1-5H;6*1-2H3;3*1H;;/q2*-1;;;;;;;;;;+3;/p-3. The Bertz CT molecular complexity index is 236. The van der Waals surface area contributed by atoms with Crippen LogP contribution in [0.15, 0.2) is 60.7 Å². The fourth-order valence-electron chi connectivity index (χ4n) is 0.684. The number of halogens is 3. The quantitative estimate of drug-likeness (QED) is 0.183. The van der Waals surface area contributed by atoms with Gasteiger partial charge in [0.15, 0.2) is 0 Å². The van der Waals surface area contributed by atoms with Crippen molar-refractivity contribution in [3.8, 4) is 0 Å². The zero-order valence-corrected chi connectivity index (χ0v) is 31.6. The first-order valence-corrected chi connectivity index (χ1v) is 23.8. The molecule has 0 amide bonds. The third-order valence-electron chi connectivity index (χ3n) is 1.21. The Morgan fingerprint density at radius 1 is 0.414 bits per heavy atom. The van der Waals surface area contributed by atoms with E-state index >= 15 is 0 Å². The van der Waals surface area contributed by atoms with E-state index < -0.39 is 0 Å². The molecule has 0 aromatic heterocycles. The van der Waals surface area contributed by atoms with Gasteiger partial charge in [-0.3, -0.25) is 0 Å². The number of hydrogen-bond acceptors (Lipinski definition) is 0. The largest absolute Gasteiger partial charge is 0.184 e. The van der Waals surface area contributed by atoms with Crippen LogP contribution in [0.4, 0.5) is 0 Å². The van der Waals surface area contributed by atoms with Crippen LogP contribution in [0.2, 0.25) is 0 Å². The second-order valence-electron chi connectivity index (χ2n) is 2.35. The smallest absolute Gasteiger partial charge is 0 e. The van der Waals surface area contributed by atoms with Crippen LogP contribution in [0.25, 0.3) is 0 Å². The molecule has 1 radical (unpaired) electrons. The summed E-state index contributed by atoms with van der Waals surface area (Å²) in [7, 11) is 0. The second-order valence-corrected chi connectivity index (χ2v) is 37.7. The van der Waals surface area contributed by atoms with Gasteiger partial charge in [-0.05, 0) is 0 Å². The minimum atomic E-state index is -0.278. The first-order chi connectivity index (χ1) is 13.7. The molecule has 29 heavy (non-hydrogen) atoms. The minimum absolute atomic E-state index is 0. The Morgan fingerprint density at radius 3 is 0.586 bits per heavy atom. The van der Waals surface area contributed by atoms with Gasteiger partial charge in [-0.25, -0.2) is 0 Å². The molecule has 2 rings (SSSR count). The van der Waals surface area contributed by atoms with Crippen molar-refractivity contribution < 1.29 is 37.6 Å². The van der Waals surface area contributed by atoms with E-state index in [9.17, 15) is 0 Å². The van der Waals surface area contributed by atoms with Crippen LogP contribution in [0.5, 0.6) is 0 Å². The van der Waals surface area contributed by atoms with Crippen molar-refractivity contribution in [2.24, 2.45) is 0 Å². The van der Waals surface area contributed by atoms with Crippen LogP contribution in [0.3, 0.4) is 0 Å². The molecule has 0 N–H and O–H groups in total. The molecule has 0 bridgehead atoms. The maximum Gasteiger partial charge on any atom is 0 e. The number of hydrogen-bond donors (Lipinski definition) is 0. The molecule has 2 aromatic carbocycles. The Balaban J connectivity index is -0.0000000302. The summed E-state index contributed by atoms with van der Waals surface area (Å²) in [6, 6.07) is 25.0. The van der Waals surface area contributed by atoms with Gasteiger partial charge in [-0.2, -0.15) is 72.8 Å². The van der Waals surface area contributed by atoms with Crippen LogP contribution in [-0.2, 0) is 37.6 Å². The summed E-state index contributed by atoms with van der Waals surface area (Å²) in [5.41, 5.74) is 0. The SMILES string of the molecule is CC.CC.CC.CC.CC.CC.[I][V]([I])[I].[Y].[c-]1ccccc1.[c-]1ccccc1. The third-order valence-corrected chi connectivity index (χ3v) is 1.21. The first-order valence-electron chi connectivity index (χ1n) is 10.3. The first kappa shape index (κ1) is 52.9. The normalized spacial score (nSPS) is 5.79. The summed E-state index contributed by atoms with van der Waals surface area (Å²) in [6.45, 7) is 24.0. The molecule has 173 valence electrons. The second kappa shape index (κ2) is 86.9. The summed E-state index contributed by atoms with van der Waals surface area (Å²) >= 11 is 7.39. The van der Waals surface area contributed by atoms with Crippen molar-refractivity contribution in [2.75, 3.05) is 0 Å². The fraction of sp³-hybridized carbons (Fsp3) is 0.500. The van der Waals surface area contributed by atoms with Crippen LogP contribution in [0, 0.1) is 12.1 Å². The molecule has 0 heterocycles. The van der Waals surface area contributed by atoms with E-state index in [-0.39, 0.29) is 37.6 Å².